The number of carbonyl (C=O) groups excluding carboxylic acids is 1. The van der Waals surface area contributed by atoms with Gasteiger partial charge in [-0.3, -0.25) is 9.69 Å². The fraction of sp³-hybridized carbons (Fsp3) is 0.370. The summed E-state index contributed by atoms with van der Waals surface area (Å²) in [5.41, 5.74) is 5.24. The van der Waals surface area contributed by atoms with Gasteiger partial charge in [-0.05, 0) is 57.9 Å². The van der Waals surface area contributed by atoms with Gasteiger partial charge in [0.25, 0.3) is 0 Å². The first-order chi connectivity index (χ1) is 15.9. The summed E-state index contributed by atoms with van der Waals surface area (Å²) in [5.74, 6) is 0.419. The van der Waals surface area contributed by atoms with Crippen molar-refractivity contribution in [1.82, 2.24) is 14.9 Å². The second-order valence-corrected chi connectivity index (χ2v) is 9.00. The van der Waals surface area contributed by atoms with E-state index in [9.17, 15) is 9.18 Å². The van der Waals surface area contributed by atoms with Crippen LogP contribution >= 0.6 is 0 Å². The molecule has 1 aliphatic rings. The summed E-state index contributed by atoms with van der Waals surface area (Å²) < 4.78 is 13.9. The van der Waals surface area contributed by atoms with E-state index in [1.54, 1.807) is 18.2 Å². The number of para-hydroxylation sites is 1. The van der Waals surface area contributed by atoms with Crippen molar-refractivity contribution >= 4 is 11.6 Å². The number of hydrogen-bond acceptors (Lipinski definition) is 4. The molecule has 1 atom stereocenters. The molecular formula is C27H31FN4O. The van der Waals surface area contributed by atoms with Gasteiger partial charge in [0.2, 0.25) is 5.91 Å². The van der Waals surface area contributed by atoms with Crippen molar-refractivity contribution in [1.29, 1.82) is 0 Å². The summed E-state index contributed by atoms with van der Waals surface area (Å²) in [6.07, 6.45) is 2.30. The van der Waals surface area contributed by atoms with E-state index in [4.69, 9.17) is 9.97 Å². The smallest absolute Gasteiger partial charge is 0.229 e. The van der Waals surface area contributed by atoms with Crippen molar-refractivity contribution in [2.24, 2.45) is 0 Å². The molecule has 172 valence electrons. The largest absolute Gasteiger partial charge is 0.323 e. The van der Waals surface area contributed by atoms with Crippen LogP contribution in [-0.2, 0) is 17.8 Å². The van der Waals surface area contributed by atoms with Crippen molar-refractivity contribution in [2.45, 2.75) is 52.5 Å². The van der Waals surface area contributed by atoms with Crippen LogP contribution in [0, 0.1) is 26.6 Å². The second-order valence-electron chi connectivity index (χ2n) is 9.00. The highest BCUT2D eigenvalue weighted by Crippen LogP contribution is 2.27. The fourth-order valence-corrected chi connectivity index (χ4v) is 4.60. The zero-order valence-electron chi connectivity index (χ0n) is 19.6. The van der Waals surface area contributed by atoms with Crippen molar-refractivity contribution in [2.75, 3.05) is 18.4 Å². The molecule has 33 heavy (non-hydrogen) atoms. The molecule has 0 radical (unpaired) electrons. The summed E-state index contributed by atoms with van der Waals surface area (Å²) in [7, 11) is 0. The molecule has 0 saturated carbocycles. The first-order valence-corrected chi connectivity index (χ1v) is 11.6. The van der Waals surface area contributed by atoms with Gasteiger partial charge in [0.05, 0.1) is 12.1 Å². The number of aromatic nitrogens is 2. The predicted octanol–water partition coefficient (Wildman–Crippen LogP) is 5.10. The highest BCUT2D eigenvalue weighted by atomic mass is 19.1. The second kappa shape index (κ2) is 10.2. The number of anilines is 1. The summed E-state index contributed by atoms with van der Waals surface area (Å²) in [5, 5.41) is 2.65. The Morgan fingerprint density at radius 3 is 2.58 bits per heavy atom. The number of piperidine rings is 1. The molecule has 1 fully saturated rings. The Kier molecular flexibility index (Phi) is 7.14. The number of hydrogen-bond donors (Lipinski definition) is 1. The third-order valence-electron chi connectivity index (χ3n) is 6.28. The van der Waals surface area contributed by atoms with Crippen LogP contribution in [0.4, 0.5) is 10.1 Å². The number of nitrogens with one attached hydrogen (secondary N) is 1. The normalized spacial score (nSPS) is 16.5. The lowest BCUT2D eigenvalue weighted by Gasteiger charge is -2.32. The number of nitrogens with zero attached hydrogens (tertiary/aromatic N) is 3. The lowest BCUT2D eigenvalue weighted by atomic mass is 9.95. The maximum Gasteiger partial charge on any atom is 0.229 e. The van der Waals surface area contributed by atoms with Crippen LogP contribution < -0.4 is 5.32 Å². The van der Waals surface area contributed by atoms with Gasteiger partial charge in [0, 0.05) is 36.0 Å². The Morgan fingerprint density at radius 2 is 1.85 bits per heavy atom. The van der Waals surface area contributed by atoms with E-state index >= 15 is 0 Å². The Labute approximate surface area is 195 Å². The fourth-order valence-electron chi connectivity index (χ4n) is 4.60. The minimum absolute atomic E-state index is 0.121. The van der Waals surface area contributed by atoms with Crippen molar-refractivity contribution in [3.05, 3.63) is 88.3 Å². The zero-order valence-corrected chi connectivity index (χ0v) is 19.6. The number of amides is 1. The van der Waals surface area contributed by atoms with E-state index in [2.05, 4.69) is 41.4 Å². The Hall–Kier alpha value is -3.12. The molecule has 1 unspecified atom stereocenters. The molecule has 2 heterocycles. The number of rotatable bonds is 6. The molecule has 6 heteroatoms. The lowest BCUT2D eigenvalue weighted by Crippen LogP contribution is -2.34. The molecule has 5 nitrogen and oxygen atoms in total. The van der Waals surface area contributed by atoms with Gasteiger partial charge >= 0.3 is 0 Å². The lowest BCUT2D eigenvalue weighted by molar-refractivity contribution is -0.115. The number of halogens is 1. The van der Waals surface area contributed by atoms with Gasteiger partial charge in [0.1, 0.15) is 11.6 Å². The van der Waals surface area contributed by atoms with Crippen molar-refractivity contribution in [3.63, 3.8) is 0 Å². The van der Waals surface area contributed by atoms with Crippen LogP contribution in [0.15, 0.2) is 48.5 Å². The standard InChI is InChI=1S/C27H31FN4O/c1-18-8-6-9-21(14-18)16-32-13-7-10-22(17-32)27-29-19(2)23(20(3)30-27)15-26(33)31-25-12-5-4-11-24(25)28/h4-6,8-9,11-12,14,22H,7,10,13,15-17H2,1-3H3,(H,31,33). The minimum atomic E-state index is -0.446. The van der Waals surface area contributed by atoms with Gasteiger partial charge in [-0.15, -0.1) is 0 Å². The van der Waals surface area contributed by atoms with Gasteiger partial charge in [-0.1, -0.05) is 42.0 Å². The number of benzene rings is 2. The Bertz CT molecular complexity index is 1120. The molecule has 1 aliphatic heterocycles. The highest BCUT2D eigenvalue weighted by Gasteiger charge is 2.25. The molecule has 1 N–H and O–H groups in total. The monoisotopic (exact) mass is 446 g/mol. The van der Waals surface area contributed by atoms with E-state index in [0.717, 1.165) is 55.3 Å². The van der Waals surface area contributed by atoms with E-state index < -0.39 is 5.82 Å². The first kappa shape index (κ1) is 23.1. The third kappa shape index (κ3) is 5.82. The SMILES string of the molecule is Cc1cccc(CN2CCCC(c3nc(C)c(CC(=O)Nc4ccccc4F)c(C)n3)C2)c1. The Balaban J connectivity index is 1.44. The molecule has 0 bridgehead atoms. The maximum atomic E-state index is 13.9. The van der Waals surface area contributed by atoms with Gasteiger partial charge in [0.15, 0.2) is 0 Å². The number of aryl methyl sites for hydroxylation is 3. The number of likely N-dealkylation sites (tertiary alicyclic amines) is 1. The van der Waals surface area contributed by atoms with Gasteiger partial charge < -0.3 is 5.32 Å². The molecule has 1 aromatic heterocycles. The van der Waals surface area contributed by atoms with E-state index in [1.165, 1.54) is 17.2 Å². The zero-order chi connectivity index (χ0) is 23.4. The van der Waals surface area contributed by atoms with Crippen LogP contribution in [-0.4, -0.2) is 33.9 Å². The minimum Gasteiger partial charge on any atom is -0.323 e. The van der Waals surface area contributed by atoms with Crippen LogP contribution in [0.25, 0.3) is 0 Å². The average molecular weight is 447 g/mol. The molecule has 3 aromatic rings. The summed E-state index contributed by atoms with van der Waals surface area (Å²) >= 11 is 0. The molecule has 4 rings (SSSR count). The van der Waals surface area contributed by atoms with Crippen LogP contribution in [0.3, 0.4) is 0 Å². The Morgan fingerprint density at radius 1 is 1.09 bits per heavy atom. The van der Waals surface area contributed by atoms with Crippen LogP contribution in [0.5, 0.6) is 0 Å². The van der Waals surface area contributed by atoms with E-state index in [1.807, 2.05) is 13.8 Å². The number of carbonyl (C=O) groups is 1. The molecule has 0 spiro atoms. The summed E-state index contributed by atoms with van der Waals surface area (Å²) in [6, 6.07) is 14.8. The van der Waals surface area contributed by atoms with E-state index in [-0.39, 0.29) is 23.9 Å². The first-order valence-electron chi connectivity index (χ1n) is 11.6. The van der Waals surface area contributed by atoms with Crippen LogP contribution in [0.2, 0.25) is 0 Å². The molecule has 1 saturated heterocycles. The topological polar surface area (TPSA) is 58.1 Å². The quantitative estimate of drug-likeness (QED) is 0.572. The predicted molar refractivity (Wildman–Crippen MR) is 129 cm³/mol. The summed E-state index contributed by atoms with van der Waals surface area (Å²) in [4.78, 5) is 24.6. The van der Waals surface area contributed by atoms with Crippen LogP contribution in [0.1, 0.15) is 52.7 Å². The average Bonchev–Trinajstić information content (AvgIpc) is 2.78. The molecular weight excluding hydrogens is 415 g/mol. The third-order valence-corrected chi connectivity index (χ3v) is 6.28. The summed E-state index contributed by atoms with van der Waals surface area (Å²) in [6.45, 7) is 8.93. The molecule has 2 aromatic carbocycles. The van der Waals surface area contributed by atoms with Crippen molar-refractivity contribution in [3.8, 4) is 0 Å². The highest BCUT2D eigenvalue weighted by molar-refractivity contribution is 5.92. The van der Waals surface area contributed by atoms with E-state index in [0.29, 0.717) is 0 Å². The van der Waals surface area contributed by atoms with Crippen molar-refractivity contribution < 1.29 is 9.18 Å². The van der Waals surface area contributed by atoms with Gasteiger partial charge in [-0.2, -0.15) is 0 Å². The van der Waals surface area contributed by atoms with Gasteiger partial charge in [-0.25, -0.2) is 14.4 Å². The molecule has 1 amide bonds. The molecule has 0 aliphatic carbocycles. The maximum absolute atomic E-state index is 13.9.